The zero-order valence-electron chi connectivity index (χ0n) is 11.6. The van der Waals surface area contributed by atoms with Crippen LogP contribution in [-0.2, 0) is 18.2 Å². The van der Waals surface area contributed by atoms with Gasteiger partial charge in [0.2, 0.25) is 0 Å². The Kier molecular flexibility index (Phi) is 4.35. The van der Waals surface area contributed by atoms with E-state index in [4.69, 9.17) is 4.74 Å². The Morgan fingerprint density at radius 2 is 2.17 bits per heavy atom. The molecule has 1 fully saturated rings. The summed E-state index contributed by atoms with van der Waals surface area (Å²) in [6.45, 7) is 7.13. The molecule has 18 heavy (non-hydrogen) atoms. The normalized spacial score (nSPS) is 19.3. The molecule has 2 heterocycles. The molecule has 0 bridgehead atoms. The van der Waals surface area contributed by atoms with Crippen LogP contribution in [0.1, 0.15) is 32.4 Å². The maximum absolute atomic E-state index is 5.51. The molecule has 1 N–H and O–H groups in total. The summed E-state index contributed by atoms with van der Waals surface area (Å²) in [6.07, 6.45) is 5.21. The lowest BCUT2D eigenvalue weighted by Crippen LogP contribution is -2.43. The van der Waals surface area contributed by atoms with Gasteiger partial charge in [-0.25, -0.2) is 0 Å². The fourth-order valence-electron chi connectivity index (χ4n) is 2.50. The van der Waals surface area contributed by atoms with E-state index in [9.17, 15) is 0 Å². The topological polar surface area (TPSA) is 52.0 Å². The molecule has 0 amide bonds. The Labute approximate surface area is 109 Å². The van der Waals surface area contributed by atoms with Gasteiger partial charge >= 0.3 is 0 Å². The number of aromatic nitrogens is 3. The Hall–Kier alpha value is -0.940. The lowest BCUT2D eigenvalue weighted by atomic mass is 9.76. The van der Waals surface area contributed by atoms with Gasteiger partial charge in [0.25, 0.3) is 0 Å². The van der Waals surface area contributed by atoms with E-state index in [2.05, 4.69) is 29.5 Å². The van der Waals surface area contributed by atoms with Crippen molar-refractivity contribution in [3.05, 3.63) is 11.9 Å². The van der Waals surface area contributed by atoms with Crippen molar-refractivity contribution in [2.75, 3.05) is 19.8 Å². The molecule has 0 atom stereocenters. The van der Waals surface area contributed by atoms with Crippen LogP contribution in [0, 0.1) is 5.41 Å². The maximum atomic E-state index is 5.51. The van der Waals surface area contributed by atoms with Gasteiger partial charge in [0, 0.05) is 45.5 Å². The van der Waals surface area contributed by atoms with Gasteiger partial charge in [-0.05, 0) is 18.3 Å². The fourth-order valence-corrected chi connectivity index (χ4v) is 2.50. The molecule has 0 saturated carbocycles. The van der Waals surface area contributed by atoms with Gasteiger partial charge in [0.15, 0.2) is 0 Å². The molecule has 5 heteroatoms. The van der Waals surface area contributed by atoms with Crippen molar-refractivity contribution in [3.63, 3.8) is 0 Å². The minimum atomic E-state index is 0.276. The summed E-state index contributed by atoms with van der Waals surface area (Å²) in [4.78, 5) is 0. The number of nitrogens with zero attached hydrogens (tertiary/aromatic N) is 3. The van der Waals surface area contributed by atoms with E-state index >= 15 is 0 Å². The average Bonchev–Trinajstić information content (AvgIpc) is 2.73. The summed E-state index contributed by atoms with van der Waals surface area (Å²) in [5.74, 6) is 0. The van der Waals surface area contributed by atoms with Crippen molar-refractivity contribution in [1.82, 2.24) is 20.3 Å². The molecule has 2 rings (SSSR count). The Balaban J connectivity index is 2.03. The first-order chi connectivity index (χ1) is 8.60. The van der Waals surface area contributed by atoms with Crippen molar-refractivity contribution < 1.29 is 4.74 Å². The Bertz CT molecular complexity index is 369. The molecule has 0 aliphatic carbocycles. The van der Waals surface area contributed by atoms with Gasteiger partial charge in [-0.1, -0.05) is 19.1 Å². The second-order valence-corrected chi connectivity index (χ2v) is 5.71. The molecule has 1 saturated heterocycles. The number of hydrogen-bond donors (Lipinski definition) is 1. The van der Waals surface area contributed by atoms with Crippen LogP contribution in [0.3, 0.4) is 0 Å². The highest BCUT2D eigenvalue weighted by Gasteiger charge is 2.33. The highest BCUT2D eigenvalue weighted by molar-refractivity contribution is 5.00. The third kappa shape index (κ3) is 3.53. The molecule has 0 unspecified atom stereocenters. The quantitative estimate of drug-likeness (QED) is 0.854. The van der Waals surface area contributed by atoms with E-state index in [0.29, 0.717) is 6.04 Å². The summed E-state index contributed by atoms with van der Waals surface area (Å²) in [6, 6.07) is 0.520. The van der Waals surface area contributed by atoms with Gasteiger partial charge in [0.1, 0.15) is 0 Å². The molecular formula is C13H24N4O. The molecule has 0 aromatic carbocycles. The smallest absolute Gasteiger partial charge is 0.0833 e. The van der Waals surface area contributed by atoms with Crippen LogP contribution in [0.4, 0.5) is 0 Å². The predicted molar refractivity (Wildman–Crippen MR) is 70.3 cm³/mol. The summed E-state index contributed by atoms with van der Waals surface area (Å²) >= 11 is 0. The highest BCUT2D eigenvalue weighted by atomic mass is 16.5. The molecule has 0 radical (unpaired) electrons. The van der Waals surface area contributed by atoms with E-state index in [0.717, 1.165) is 44.7 Å². The van der Waals surface area contributed by atoms with Gasteiger partial charge < -0.3 is 10.1 Å². The molecule has 1 aromatic heterocycles. The highest BCUT2D eigenvalue weighted by Crippen LogP contribution is 2.33. The largest absolute Gasteiger partial charge is 0.381 e. The summed E-state index contributed by atoms with van der Waals surface area (Å²) in [5.41, 5.74) is 1.36. The fraction of sp³-hybridized carbons (Fsp3) is 0.846. The SMILES string of the molecule is CC(C)NCC1(Cc2cn(C)nn2)CCOCC1. The van der Waals surface area contributed by atoms with Crippen LogP contribution in [0.15, 0.2) is 6.20 Å². The molecule has 1 aromatic rings. The van der Waals surface area contributed by atoms with Gasteiger partial charge in [0.05, 0.1) is 5.69 Å². The van der Waals surface area contributed by atoms with Crippen molar-refractivity contribution in [2.45, 2.75) is 39.2 Å². The summed E-state index contributed by atoms with van der Waals surface area (Å²) in [7, 11) is 1.92. The third-order valence-electron chi connectivity index (χ3n) is 3.64. The number of ether oxygens (including phenoxy) is 1. The molecule has 5 nitrogen and oxygen atoms in total. The van der Waals surface area contributed by atoms with E-state index in [-0.39, 0.29) is 5.41 Å². The standard InChI is InChI=1S/C13H24N4O/c1-11(2)14-10-13(4-6-18-7-5-13)8-12-9-17(3)16-15-12/h9,11,14H,4-8,10H2,1-3H3. The third-order valence-corrected chi connectivity index (χ3v) is 3.64. The Morgan fingerprint density at radius 1 is 1.44 bits per heavy atom. The Morgan fingerprint density at radius 3 is 2.72 bits per heavy atom. The van der Waals surface area contributed by atoms with Crippen LogP contribution in [0.2, 0.25) is 0 Å². The van der Waals surface area contributed by atoms with Crippen LogP contribution < -0.4 is 5.32 Å². The van der Waals surface area contributed by atoms with Gasteiger partial charge in [-0.3, -0.25) is 4.68 Å². The van der Waals surface area contributed by atoms with Crippen molar-refractivity contribution in [2.24, 2.45) is 12.5 Å². The number of nitrogens with one attached hydrogen (secondary N) is 1. The first-order valence-corrected chi connectivity index (χ1v) is 6.76. The van der Waals surface area contributed by atoms with Gasteiger partial charge in [-0.2, -0.15) is 0 Å². The predicted octanol–water partition coefficient (Wildman–Crippen LogP) is 1.15. The van der Waals surface area contributed by atoms with Gasteiger partial charge in [-0.15, -0.1) is 5.10 Å². The second kappa shape index (κ2) is 5.80. The minimum absolute atomic E-state index is 0.276. The van der Waals surface area contributed by atoms with Crippen molar-refractivity contribution >= 4 is 0 Å². The molecular weight excluding hydrogens is 228 g/mol. The summed E-state index contributed by atoms with van der Waals surface area (Å²) < 4.78 is 7.28. The molecule has 102 valence electrons. The van der Waals surface area contributed by atoms with E-state index < -0.39 is 0 Å². The lowest BCUT2D eigenvalue weighted by Gasteiger charge is -2.37. The van der Waals surface area contributed by atoms with Crippen molar-refractivity contribution in [3.8, 4) is 0 Å². The zero-order valence-corrected chi connectivity index (χ0v) is 11.6. The number of rotatable bonds is 5. The lowest BCUT2D eigenvalue weighted by molar-refractivity contribution is 0.0136. The van der Waals surface area contributed by atoms with Crippen LogP contribution in [0.5, 0.6) is 0 Å². The molecule has 1 aliphatic rings. The first-order valence-electron chi connectivity index (χ1n) is 6.76. The van der Waals surface area contributed by atoms with E-state index in [1.165, 1.54) is 0 Å². The number of hydrogen-bond acceptors (Lipinski definition) is 4. The second-order valence-electron chi connectivity index (χ2n) is 5.71. The molecule has 0 spiro atoms. The average molecular weight is 252 g/mol. The first kappa shape index (κ1) is 13.5. The molecule has 1 aliphatic heterocycles. The van der Waals surface area contributed by atoms with Crippen LogP contribution in [0.25, 0.3) is 0 Å². The maximum Gasteiger partial charge on any atom is 0.0833 e. The minimum Gasteiger partial charge on any atom is -0.381 e. The zero-order chi connectivity index (χ0) is 13.0. The monoisotopic (exact) mass is 252 g/mol. The summed E-state index contributed by atoms with van der Waals surface area (Å²) in [5, 5.41) is 11.8. The number of aryl methyl sites for hydroxylation is 1. The van der Waals surface area contributed by atoms with Crippen molar-refractivity contribution in [1.29, 1.82) is 0 Å². The van der Waals surface area contributed by atoms with E-state index in [1.54, 1.807) is 4.68 Å². The van der Waals surface area contributed by atoms with Crippen LogP contribution >= 0.6 is 0 Å². The van der Waals surface area contributed by atoms with E-state index in [1.807, 2.05) is 13.2 Å². The van der Waals surface area contributed by atoms with Crippen LogP contribution in [-0.4, -0.2) is 40.8 Å².